The van der Waals surface area contributed by atoms with Crippen molar-refractivity contribution in [3.8, 4) is 0 Å². The van der Waals surface area contributed by atoms with Gasteiger partial charge < -0.3 is 10.1 Å². The van der Waals surface area contributed by atoms with Gasteiger partial charge in [0.2, 0.25) is 0 Å². The van der Waals surface area contributed by atoms with Crippen LogP contribution >= 0.6 is 22.9 Å². The molecule has 24 heavy (non-hydrogen) atoms. The lowest BCUT2D eigenvalue weighted by atomic mass is 10.2. The van der Waals surface area contributed by atoms with Gasteiger partial charge in [-0.3, -0.25) is 4.79 Å². The third-order valence-electron chi connectivity index (χ3n) is 3.11. The van der Waals surface area contributed by atoms with Crippen molar-refractivity contribution in [2.75, 3.05) is 11.9 Å². The molecule has 1 aromatic heterocycles. The van der Waals surface area contributed by atoms with Gasteiger partial charge in [0.25, 0.3) is 5.91 Å². The minimum Gasteiger partial charge on any atom is -0.462 e. The maximum Gasteiger partial charge on any atom is 0.341 e. The summed E-state index contributed by atoms with van der Waals surface area (Å²) in [6.45, 7) is 3.77. The van der Waals surface area contributed by atoms with Gasteiger partial charge >= 0.3 is 5.97 Å². The van der Waals surface area contributed by atoms with Crippen molar-refractivity contribution in [1.82, 2.24) is 0 Å². The Morgan fingerprint density at radius 2 is 1.83 bits per heavy atom. The van der Waals surface area contributed by atoms with Crippen LogP contribution in [0, 0.1) is 11.6 Å². The predicted molar refractivity (Wildman–Crippen MR) is 89.0 cm³/mol. The summed E-state index contributed by atoms with van der Waals surface area (Å²) in [7, 11) is 0. The standard InChI is InChI=1S/C16H14ClF2NO3S/c1-3-8-5-10(16(22)23-4-2)15(24-8)20-14(21)9-6-12(18)13(19)7-11(9)17/h5-7H,3-4H2,1-2H3,(H,20,21). The molecule has 0 aliphatic rings. The van der Waals surface area contributed by atoms with Crippen molar-refractivity contribution >= 4 is 39.8 Å². The van der Waals surface area contributed by atoms with E-state index in [9.17, 15) is 18.4 Å². The molecule has 1 heterocycles. The fraction of sp³-hybridized carbons (Fsp3) is 0.250. The molecule has 0 bridgehead atoms. The van der Waals surface area contributed by atoms with Crippen LogP contribution in [0.2, 0.25) is 5.02 Å². The molecule has 0 atom stereocenters. The van der Waals surface area contributed by atoms with Crippen LogP contribution in [0.15, 0.2) is 18.2 Å². The van der Waals surface area contributed by atoms with E-state index in [-0.39, 0.29) is 27.8 Å². The molecule has 1 aromatic carbocycles. The number of anilines is 1. The topological polar surface area (TPSA) is 55.4 Å². The van der Waals surface area contributed by atoms with Gasteiger partial charge in [-0.25, -0.2) is 13.6 Å². The normalized spacial score (nSPS) is 10.5. The fourth-order valence-corrected chi connectivity index (χ4v) is 3.15. The molecular weight excluding hydrogens is 360 g/mol. The average Bonchev–Trinajstić information content (AvgIpc) is 2.94. The smallest absolute Gasteiger partial charge is 0.341 e. The molecule has 0 spiro atoms. The van der Waals surface area contributed by atoms with Gasteiger partial charge in [-0.1, -0.05) is 18.5 Å². The number of carbonyl (C=O) groups is 2. The number of halogens is 3. The number of amides is 1. The van der Waals surface area contributed by atoms with Crippen LogP contribution < -0.4 is 5.32 Å². The van der Waals surface area contributed by atoms with Crippen LogP contribution in [0.1, 0.15) is 39.4 Å². The van der Waals surface area contributed by atoms with Crippen LogP contribution in [0.4, 0.5) is 13.8 Å². The summed E-state index contributed by atoms with van der Waals surface area (Å²) >= 11 is 7.00. The number of aryl methyl sites for hydroxylation is 1. The molecule has 0 saturated heterocycles. The first-order valence-electron chi connectivity index (χ1n) is 7.13. The van der Waals surface area contributed by atoms with E-state index >= 15 is 0 Å². The van der Waals surface area contributed by atoms with Crippen molar-refractivity contribution in [2.24, 2.45) is 0 Å². The van der Waals surface area contributed by atoms with Crippen LogP contribution in [0.25, 0.3) is 0 Å². The van der Waals surface area contributed by atoms with E-state index < -0.39 is 23.5 Å². The van der Waals surface area contributed by atoms with Crippen molar-refractivity contribution in [2.45, 2.75) is 20.3 Å². The number of hydrogen-bond acceptors (Lipinski definition) is 4. The second kappa shape index (κ2) is 7.72. The summed E-state index contributed by atoms with van der Waals surface area (Å²) in [6, 6.07) is 3.07. The Balaban J connectivity index is 2.33. The molecular formula is C16H14ClF2NO3S. The van der Waals surface area contributed by atoms with E-state index in [0.29, 0.717) is 12.5 Å². The van der Waals surface area contributed by atoms with Gasteiger partial charge in [0.05, 0.1) is 22.8 Å². The van der Waals surface area contributed by atoms with Gasteiger partial charge in [0.15, 0.2) is 11.6 Å². The Bertz CT molecular complexity index is 792. The average molecular weight is 374 g/mol. The van der Waals surface area contributed by atoms with Crippen LogP contribution in [-0.2, 0) is 11.2 Å². The SMILES string of the molecule is CCOC(=O)c1cc(CC)sc1NC(=O)c1cc(F)c(F)cc1Cl. The maximum atomic E-state index is 13.3. The molecule has 0 aliphatic heterocycles. The van der Waals surface area contributed by atoms with E-state index in [1.54, 1.807) is 13.0 Å². The molecule has 0 saturated carbocycles. The Morgan fingerprint density at radius 1 is 1.17 bits per heavy atom. The van der Waals surface area contributed by atoms with Crippen molar-refractivity contribution in [3.05, 3.63) is 50.9 Å². The molecule has 0 radical (unpaired) electrons. The predicted octanol–water partition coefficient (Wildman–Crippen LogP) is 4.67. The van der Waals surface area contributed by atoms with Gasteiger partial charge in [0, 0.05) is 4.88 Å². The highest BCUT2D eigenvalue weighted by atomic mass is 35.5. The number of benzene rings is 1. The van der Waals surface area contributed by atoms with Gasteiger partial charge in [0.1, 0.15) is 5.00 Å². The molecule has 128 valence electrons. The summed E-state index contributed by atoms with van der Waals surface area (Å²) in [5, 5.41) is 2.56. The van der Waals surface area contributed by atoms with E-state index in [2.05, 4.69) is 5.32 Å². The Morgan fingerprint density at radius 3 is 2.46 bits per heavy atom. The minimum absolute atomic E-state index is 0.193. The summed E-state index contributed by atoms with van der Waals surface area (Å²) in [4.78, 5) is 25.1. The fourth-order valence-electron chi connectivity index (χ4n) is 1.94. The lowest BCUT2D eigenvalue weighted by molar-refractivity contribution is 0.0528. The van der Waals surface area contributed by atoms with Gasteiger partial charge in [-0.15, -0.1) is 11.3 Å². The monoisotopic (exact) mass is 373 g/mol. The largest absolute Gasteiger partial charge is 0.462 e. The molecule has 1 N–H and O–H groups in total. The number of ether oxygens (including phenoxy) is 1. The van der Waals surface area contributed by atoms with Gasteiger partial charge in [-0.2, -0.15) is 0 Å². The molecule has 2 aromatic rings. The van der Waals surface area contributed by atoms with E-state index in [0.717, 1.165) is 10.9 Å². The van der Waals surface area contributed by atoms with E-state index in [4.69, 9.17) is 16.3 Å². The molecule has 8 heteroatoms. The molecule has 0 unspecified atom stereocenters. The zero-order chi connectivity index (χ0) is 17.9. The second-order valence-electron chi connectivity index (χ2n) is 4.73. The van der Waals surface area contributed by atoms with E-state index in [1.807, 2.05) is 6.92 Å². The zero-order valence-corrected chi connectivity index (χ0v) is 14.5. The van der Waals surface area contributed by atoms with Crippen molar-refractivity contribution in [1.29, 1.82) is 0 Å². The summed E-state index contributed by atoms with van der Waals surface area (Å²) < 4.78 is 31.4. The van der Waals surface area contributed by atoms with Crippen molar-refractivity contribution in [3.63, 3.8) is 0 Å². The number of nitrogens with one attached hydrogen (secondary N) is 1. The number of rotatable bonds is 5. The molecule has 0 fully saturated rings. The molecule has 1 amide bonds. The third kappa shape index (κ3) is 3.91. The Hall–Kier alpha value is -1.99. The van der Waals surface area contributed by atoms with Crippen molar-refractivity contribution < 1.29 is 23.1 Å². The minimum atomic E-state index is -1.18. The lowest BCUT2D eigenvalue weighted by Gasteiger charge is -2.08. The zero-order valence-electron chi connectivity index (χ0n) is 12.9. The first kappa shape index (κ1) is 18.4. The molecule has 2 rings (SSSR count). The first-order valence-corrected chi connectivity index (χ1v) is 8.32. The summed E-state index contributed by atoms with van der Waals surface area (Å²) in [5.74, 6) is -3.64. The highest BCUT2D eigenvalue weighted by molar-refractivity contribution is 7.16. The van der Waals surface area contributed by atoms with Crippen LogP contribution in [0.3, 0.4) is 0 Å². The Labute approximate surface area is 146 Å². The summed E-state index contributed by atoms with van der Waals surface area (Å²) in [5.41, 5.74) is -0.0115. The highest BCUT2D eigenvalue weighted by Gasteiger charge is 2.21. The molecule has 0 aliphatic carbocycles. The lowest BCUT2D eigenvalue weighted by Crippen LogP contribution is -2.15. The van der Waals surface area contributed by atoms with Crippen LogP contribution in [0.5, 0.6) is 0 Å². The Kier molecular flexibility index (Phi) is 5.90. The number of esters is 1. The quantitative estimate of drug-likeness (QED) is 0.612. The van der Waals surface area contributed by atoms with E-state index in [1.165, 1.54) is 11.3 Å². The maximum absolute atomic E-state index is 13.3. The second-order valence-corrected chi connectivity index (χ2v) is 6.27. The molecule has 4 nitrogen and oxygen atoms in total. The number of carbonyl (C=O) groups excluding carboxylic acids is 2. The highest BCUT2D eigenvalue weighted by Crippen LogP contribution is 2.30. The first-order chi connectivity index (χ1) is 11.4. The number of hydrogen-bond donors (Lipinski definition) is 1. The van der Waals surface area contributed by atoms with Gasteiger partial charge in [-0.05, 0) is 31.5 Å². The number of thiophene rings is 1. The van der Waals surface area contributed by atoms with Crippen LogP contribution in [-0.4, -0.2) is 18.5 Å². The third-order valence-corrected chi connectivity index (χ3v) is 4.62. The summed E-state index contributed by atoms with van der Waals surface area (Å²) in [6.07, 6.45) is 0.666.